The van der Waals surface area contributed by atoms with E-state index in [4.69, 9.17) is 4.74 Å². The van der Waals surface area contributed by atoms with Crippen LogP contribution >= 0.6 is 0 Å². The molecule has 0 N–H and O–H groups in total. The van der Waals surface area contributed by atoms with Crippen LogP contribution in [-0.4, -0.2) is 28.2 Å². The van der Waals surface area contributed by atoms with E-state index in [1.807, 2.05) is 13.8 Å². The maximum Gasteiger partial charge on any atom is 1.00 e. The Bertz CT molecular complexity index is 437. The van der Waals surface area contributed by atoms with Crippen LogP contribution in [0.2, 0.25) is 0 Å². The van der Waals surface area contributed by atoms with Crippen molar-refractivity contribution in [1.82, 2.24) is 0 Å². The zero-order chi connectivity index (χ0) is 14.6. The molecule has 0 aliphatic carbocycles. The van der Waals surface area contributed by atoms with Gasteiger partial charge in [0.2, 0.25) is 0 Å². The van der Waals surface area contributed by atoms with Gasteiger partial charge in [0.1, 0.15) is 5.75 Å². The molecule has 1 aromatic rings. The second kappa shape index (κ2) is 13.6. The second-order valence-electron chi connectivity index (χ2n) is 3.16. The van der Waals surface area contributed by atoms with E-state index in [1.54, 1.807) is 18.2 Å². The molecule has 5 nitrogen and oxygen atoms in total. The van der Waals surface area contributed by atoms with Crippen molar-refractivity contribution in [2.75, 3.05) is 19.8 Å². The van der Waals surface area contributed by atoms with Crippen LogP contribution < -0.4 is 33.7 Å². The molecule has 0 amide bonds. The van der Waals surface area contributed by atoms with Gasteiger partial charge in [-0.25, -0.2) is 4.18 Å². The van der Waals surface area contributed by atoms with Gasteiger partial charge >= 0.3 is 40.0 Å². The van der Waals surface area contributed by atoms with Crippen LogP contribution in [0.25, 0.3) is 0 Å². The Morgan fingerprint density at radius 3 is 2.15 bits per heavy atom. The van der Waals surface area contributed by atoms with E-state index < -0.39 is 10.4 Å². The summed E-state index contributed by atoms with van der Waals surface area (Å²) in [4.78, 5) is 0. The molecular weight excluding hydrogens is 291 g/mol. The largest absolute Gasteiger partial charge is 1.00 e. The topological polar surface area (TPSA) is 61.8 Å². The van der Waals surface area contributed by atoms with Gasteiger partial charge in [0.15, 0.2) is 0 Å². The summed E-state index contributed by atoms with van der Waals surface area (Å²) in [5.74, 6) is 0.219. The van der Waals surface area contributed by atoms with Crippen LogP contribution in [0.15, 0.2) is 43.0 Å². The van der Waals surface area contributed by atoms with Gasteiger partial charge < -0.3 is 10.3 Å². The van der Waals surface area contributed by atoms with Gasteiger partial charge in [0, 0.05) is 13.2 Å². The summed E-state index contributed by atoms with van der Waals surface area (Å²) in [6, 6.07) is 8.13. The molecule has 0 aliphatic rings. The van der Waals surface area contributed by atoms with Crippen LogP contribution in [0, 0.1) is 0 Å². The number of ether oxygens (including phenoxy) is 1. The first-order chi connectivity index (χ1) is 9.05. The average molecular weight is 312 g/mol. The van der Waals surface area contributed by atoms with Gasteiger partial charge in [-0.15, -0.1) is 6.58 Å². The molecule has 0 bridgehead atoms. The minimum atomic E-state index is -3.97. The fraction of sp³-hybridized carbons (Fsp3) is 0.385. The third-order valence-electron chi connectivity index (χ3n) is 1.68. The predicted molar refractivity (Wildman–Crippen MR) is 75.4 cm³/mol. The summed E-state index contributed by atoms with van der Waals surface area (Å²) in [7, 11) is -3.97. The second-order valence-corrected chi connectivity index (χ2v) is 4.38. The van der Waals surface area contributed by atoms with E-state index in [0.29, 0.717) is 0 Å². The van der Waals surface area contributed by atoms with E-state index in [-0.39, 0.29) is 43.3 Å². The maximum absolute atomic E-state index is 11.1. The molecular formula is C13H21NaO5S. The molecule has 20 heavy (non-hydrogen) atoms. The number of rotatable bonds is 7. The van der Waals surface area contributed by atoms with Crippen molar-refractivity contribution in [3.8, 4) is 5.75 Å². The van der Waals surface area contributed by atoms with Crippen molar-refractivity contribution in [2.45, 2.75) is 13.8 Å². The molecule has 0 atom stereocenters. The van der Waals surface area contributed by atoms with Crippen LogP contribution in [0.1, 0.15) is 15.3 Å². The summed E-state index contributed by atoms with van der Waals surface area (Å²) in [6.07, 6.45) is 1.33. The fourth-order valence-electron chi connectivity index (χ4n) is 0.954. The SMILES string of the molecule is C=CCOS(=O)(=O)Oc1ccccc1.CCOCC.[H-].[Na+]. The quantitative estimate of drug-likeness (QED) is 0.510. The summed E-state index contributed by atoms with van der Waals surface area (Å²) in [5, 5.41) is 0. The molecule has 0 heterocycles. The third-order valence-corrected chi connectivity index (χ3v) is 2.50. The molecule has 0 saturated heterocycles. The van der Waals surface area contributed by atoms with Crippen molar-refractivity contribution in [2.24, 2.45) is 0 Å². The Kier molecular flexibility index (Phi) is 14.9. The maximum atomic E-state index is 11.1. The zero-order valence-corrected chi connectivity index (χ0v) is 15.1. The number of hydrogen-bond donors (Lipinski definition) is 0. The van der Waals surface area contributed by atoms with Crippen molar-refractivity contribution >= 4 is 10.4 Å². The molecule has 0 fully saturated rings. The molecule has 0 aromatic heterocycles. The Labute approximate surface area is 145 Å². The molecule has 0 saturated carbocycles. The minimum Gasteiger partial charge on any atom is -1.00 e. The van der Waals surface area contributed by atoms with Gasteiger partial charge in [-0.2, -0.15) is 8.42 Å². The molecule has 0 unspecified atom stereocenters. The first-order valence-corrected chi connectivity index (χ1v) is 7.21. The Morgan fingerprint density at radius 1 is 1.20 bits per heavy atom. The molecule has 0 aliphatic heterocycles. The van der Waals surface area contributed by atoms with E-state index >= 15 is 0 Å². The van der Waals surface area contributed by atoms with Crippen LogP contribution in [0.5, 0.6) is 5.75 Å². The van der Waals surface area contributed by atoms with Crippen molar-refractivity contribution < 1.29 is 52.5 Å². The van der Waals surface area contributed by atoms with Gasteiger partial charge in [-0.05, 0) is 26.0 Å². The smallest absolute Gasteiger partial charge is 1.00 e. The number of benzene rings is 1. The van der Waals surface area contributed by atoms with Crippen molar-refractivity contribution in [3.05, 3.63) is 43.0 Å². The number of hydrogen-bond acceptors (Lipinski definition) is 5. The molecule has 1 rings (SSSR count). The van der Waals surface area contributed by atoms with Crippen molar-refractivity contribution in [1.29, 1.82) is 0 Å². The normalized spacial score (nSPS) is 9.70. The summed E-state index contributed by atoms with van der Waals surface area (Å²) in [5.41, 5.74) is 0. The molecule has 0 radical (unpaired) electrons. The summed E-state index contributed by atoms with van der Waals surface area (Å²) >= 11 is 0. The molecule has 110 valence electrons. The first kappa shape index (κ1) is 21.9. The van der Waals surface area contributed by atoms with Crippen LogP contribution in [0.3, 0.4) is 0 Å². The van der Waals surface area contributed by atoms with Gasteiger partial charge in [-0.3, -0.25) is 0 Å². The first-order valence-electron chi connectivity index (χ1n) is 5.88. The predicted octanol–water partition coefficient (Wildman–Crippen LogP) is -0.328. The van der Waals surface area contributed by atoms with Crippen LogP contribution in [-0.2, 0) is 19.3 Å². The standard InChI is InChI=1S/C9H10O4S.C4H10O.Na.H/c1-2-8-12-14(10,11)13-9-6-4-3-5-7-9;1-3-5-4-2;;/h2-7H,1,8H2;3-4H2,1-2H3;;/q;;+1;-1. The van der Waals surface area contributed by atoms with E-state index in [0.717, 1.165) is 13.2 Å². The third kappa shape index (κ3) is 12.7. The van der Waals surface area contributed by atoms with E-state index in [1.165, 1.54) is 18.2 Å². The van der Waals surface area contributed by atoms with Crippen LogP contribution in [0.4, 0.5) is 0 Å². The monoisotopic (exact) mass is 312 g/mol. The Balaban J connectivity index is -0.000000405. The molecule has 0 spiro atoms. The van der Waals surface area contributed by atoms with Crippen molar-refractivity contribution in [3.63, 3.8) is 0 Å². The number of para-hydroxylation sites is 1. The Hall–Kier alpha value is -0.370. The fourth-order valence-corrected chi connectivity index (χ4v) is 1.61. The van der Waals surface area contributed by atoms with Gasteiger partial charge in [0.25, 0.3) is 0 Å². The molecule has 7 heteroatoms. The van der Waals surface area contributed by atoms with E-state index in [9.17, 15) is 8.42 Å². The van der Waals surface area contributed by atoms with Gasteiger partial charge in [0.05, 0.1) is 6.61 Å². The summed E-state index contributed by atoms with van der Waals surface area (Å²) in [6.45, 7) is 8.89. The molecule has 1 aromatic carbocycles. The van der Waals surface area contributed by atoms with E-state index in [2.05, 4.69) is 14.9 Å². The minimum absolute atomic E-state index is 0. The Morgan fingerprint density at radius 2 is 1.75 bits per heavy atom. The summed E-state index contributed by atoms with van der Waals surface area (Å²) < 4.78 is 36.0. The van der Waals surface area contributed by atoms with Gasteiger partial charge in [-0.1, -0.05) is 24.3 Å². The zero-order valence-electron chi connectivity index (χ0n) is 13.2. The average Bonchev–Trinajstić information content (AvgIpc) is 2.39.